The standard InChI is InChI=1S/C20H22ClNO3/c1-20(2,15-6-7-17-18(13-15)25-11-10-24-17)19(23)22-9-8-14-4-3-5-16(21)12-14/h3-7,12-13H,8-11H2,1-2H3,(H,22,23). The van der Waals surface area contributed by atoms with Crippen molar-refractivity contribution in [3.63, 3.8) is 0 Å². The predicted octanol–water partition coefficient (Wildman–Crippen LogP) is 3.75. The second-order valence-electron chi connectivity index (χ2n) is 6.62. The van der Waals surface area contributed by atoms with Gasteiger partial charge in [0.1, 0.15) is 13.2 Å². The summed E-state index contributed by atoms with van der Waals surface area (Å²) >= 11 is 5.99. The Hall–Kier alpha value is -2.20. The van der Waals surface area contributed by atoms with Crippen molar-refractivity contribution in [1.29, 1.82) is 0 Å². The molecular formula is C20H22ClNO3. The van der Waals surface area contributed by atoms with E-state index in [9.17, 15) is 4.79 Å². The maximum Gasteiger partial charge on any atom is 0.230 e. The van der Waals surface area contributed by atoms with E-state index in [1.54, 1.807) is 0 Å². The van der Waals surface area contributed by atoms with E-state index in [4.69, 9.17) is 21.1 Å². The summed E-state index contributed by atoms with van der Waals surface area (Å²) in [5.41, 5.74) is 1.34. The zero-order valence-electron chi connectivity index (χ0n) is 14.5. The van der Waals surface area contributed by atoms with Gasteiger partial charge in [-0.05, 0) is 55.7 Å². The van der Waals surface area contributed by atoms with Gasteiger partial charge in [-0.25, -0.2) is 0 Å². The van der Waals surface area contributed by atoms with Crippen molar-refractivity contribution < 1.29 is 14.3 Å². The van der Waals surface area contributed by atoms with E-state index >= 15 is 0 Å². The lowest BCUT2D eigenvalue weighted by atomic mass is 9.83. The average Bonchev–Trinajstić information content (AvgIpc) is 2.61. The molecule has 0 aromatic heterocycles. The maximum absolute atomic E-state index is 12.7. The zero-order chi connectivity index (χ0) is 17.9. The summed E-state index contributed by atoms with van der Waals surface area (Å²) in [6.07, 6.45) is 0.740. The summed E-state index contributed by atoms with van der Waals surface area (Å²) in [6, 6.07) is 13.4. The Kier molecular flexibility index (Phi) is 5.19. The topological polar surface area (TPSA) is 47.6 Å². The van der Waals surface area contributed by atoms with E-state index in [-0.39, 0.29) is 5.91 Å². The molecule has 5 heteroatoms. The van der Waals surface area contributed by atoms with Gasteiger partial charge in [0.2, 0.25) is 5.91 Å². The Morgan fingerprint density at radius 2 is 1.88 bits per heavy atom. The smallest absolute Gasteiger partial charge is 0.230 e. The van der Waals surface area contributed by atoms with Crippen LogP contribution < -0.4 is 14.8 Å². The van der Waals surface area contributed by atoms with Crippen molar-refractivity contribution in [2.45, 2.75) is 25.7 Å². The molecule has 3 rings (SSSR count). The van der Waals surface area contributed by atoms with E-state index in [0.717, 1.165) is 23.3 Å². The first-order chi connectivity index (χ1) is 12.0. The fraction of sp³-hybridized carbons (Fsp3) is 0.350. The van der Waals surface area contributed by atoms with Crippen LogP contribution in [0.2, 0.25) is 5.02 Å². The van der Waals surface area contributed by atoms with E-state index in [1.165, 1.54) is 0 Å². The van der Waals surface area contributed by atoms with Crippen LogP contribution in [0.25, 0.3) is 0 Å². The van der Waals surface area contributed by atoms with Gasteiger partial charge < -0.3 is 14.8 Å². The Morgan fingerprint density at radius 3 is 2.64 bits per heavy atom. The molecule has 0 saturated carbocycles. The Balaban J connectivity index is 1.64. The minimum atomic E-state index is -0.663. The van der Waals surface area contributed by atoms with Crippen LogP contribution in [-0.4, -0.2) is 25.7 Å². The van der Waals surface area contributed by atoms with E-state index < -0.39 is 5.41 Å². The summed E-state index contributed by atoms with van der Waals surface area (Å²) in [7, 11) is 0. The SMILES string of the molecule is CC(C)(C(=O)NCCc1cccc(Cl)c1)c1ccc2c(c1)OCCO2. The number of halogens is 1. The van der Waals surface area contributed by atoms with Crippen molar-refractivity contribution in [2.75, 3.05) is 19.8 Å². The van der Waals surface area contributed by atoms with Crippen molar-refractivity contribution in [3.05, 3.63) is 58.6 Å². The van der Waals surface area contributed by atoms with Gasteiger partial charge in [0.05, 0.1) is 5.41 Å². The molecule has 1 heterocycles. The largest absolute Gasteiger partial charge is 0.486 e. The van der Waals surface area contributed by atoms with E-state index in [0.29, 0.717) is 30.5 Å². The number of hydrogen-bond donors (Lipinski definition) is 1. The van der Waals surface area contributed by atoms with Crippen LogP contribution in [0.5, 0.6) is 11.5 Å². The van der Waals surface area contributed by atoms with Gasteiger partial charge in [-0.1, -0.05) is 29.8 Å². The maximum atomic E-state index is 12.7. The van der Waals surface area contributed by atoms with E-state index in [1.807, 2.05) is 56.3 Å². The molecule has 0 radical (unpaired) electrons. The van der Waals surface area contributed by atoms with Gasteiger partial charge in [-0.15, -0.1) is 0 Å². The lowest BCUT2D eigenvalue weighted by Crippen LogP contribution is -2.41. The molecule has 1 amide bonds. The van der Waals surface area contributed by atoms with Crippen LogP contribution >= 0.6 is 11.6 Å². The number of rotatable bonds is 5. The van der Waals surface area contributed by atoms with Crippen LogP contribution in [-0.2, 0) is 16.6 Å². The number of amides is 1. The highest BCUT2D eigenvalue weighted by atomic mass is 35.5. The normalized spacial score (nSPS) is 13.4. The number of nitrogens with one attached hydrogen (secondary N) is 1. The monoisotopic (exact) mass is 359 g/mol. The first-order valence-electron chi connectivity index (χ1n) is 8.40. The molecule has 0 unspecified atom stereocenters. The highest BCUT2D eigenvalue weighted by Crippen LogP contribution is 2.35. The van der Waals surface area contributed by atoms with E-state index in [2.05, 4.69) is 5.32 Å². The number of fused-ring (bicyclic) bond motifs is 1. The summed E-state index contributed by atoms with van der Waals surface area (Å²) in [6.45, 7) is 5.47. The lowest BCUT2D eigenvalue weighted by molar-refractivity contribution is -0.125. The lowest BCUT2D eigenvalue weighted by Gasteiger charge is -2.26. The molecule has 0 saturated heterocycles. The van der Waals surface area contributed by atoms with Gasteiger partial charge in [0, 0.05) is 11.6 Å². The first kappa shape index (κ1) is 17.6. The predicted molar refractivity (Wildman–Crippen MR) is 98.6 cm³/mol. The van der Waals surface area contributed by atoms with Gasteiger partial charge in [0.25, 0.3) is 0 Å². The van der Waals surface area contributed by atoms with Crippen LogP contribution in [0.3, 0.4) is 0 Å². The second-order valence-corrected chi connectivity index (χ2v) is 7.06. The van der Waals surface area contributed by atoms with Crippen molar-refractivity contribution in [2.24, 2.45) is 0 Å². The third-order valence-corrected chi connectivity index (χ3v) is 4.65. The number of carbonyl (C=O) groups excluding carboxylic acids is 1. The molecule has 0 atom stereocenters. The molecule has 2 aromatic rings. The number of hydrogen-bond acceptors (Lipinski definition) is 3. The summed E-state index contributed by atoms with van der Waals surface area (Å²) in [4.78, 5) is 12.7. The van der Waals surface area contributed by atoms with Crippen LogP contribution in [0.15, 0.2) is 42.5 Å². The van der Waals surface area contributed by atoms with Gasteiger partial charge in [-0.2, -0.15) is 0 Å². The van der Waals surface area contributed by atoms with Gasteiger partial charge in [0.15, 0.2) is 11.5 Å². The van der Waals surface area contributed by atoms with Crippen molar-refractivity contribution in [1.82, 2.24) is 5.32 Å². The molecule has 0 aliphatic carbocycles. The Morgan fingerprint density at radius 1 is 1.12 bits per heavy atom. The van der Waals surface area contributed by atoms with Gasteiger partial charge in [-0.3, -0.25) is 4.79 Å². The van der Waals surface area contributed by atoms with Crippen molar-refractivity contribution in [3.8, 4) is 11.5 Å². The molecular weight excluding hydrogens is 338 g/mol. The molecule has 0 fully saturated rings. The molecule has 25 heavy (non-hydrogen) atoms. The molecule has 0 spiro atoms. The minimum absolute atomic E-state index is 0.0220. The number of ether oxygens (including phenoxy) is 2. The summed E-state index contributed by atoms with van der Waals surface area (Å²) in [5, 5.41) is 3.72. The molecule has 1 aliphatic rings. The quantitative estimate of drug-likeness (QED) is 0.884. The first-order valence-corrected chi connectivity index (χ1v) is 8.77. The number of benzene rings is 2. The zero-order valence-corrected chi connectivity index (χ0v) is 15.2. The summed E-state index contributed by atoms with van der Waals surface area (Å²) in [5.74, 6) is 1.40. The van der Waals surface area contributed by atoms with Gasteiger partial charge >= 0.3 is 0 Å². The summed E-state index contributed by atoms with van der Waals surface area (Å²) < 4.78 is 11.2. The second kappa shape index (κ2) is 7.36. The molecule has 0 bridgehead atoms. The number of carbonyl (C=O) groups is 1. The molecule has 132 valence electrons. The molecule has 1 N–H and O–H groups in total. The molecule has 1 aliphatic heterocycles. The fourth-order valence-corrected chi connectivity index (χ4v) is 3.01. The molecule has 4 nitrogen and oxygen atoms in total. The Bertz CT molecular complexity index is 773. The van der Waals surface area contributed by atoms with Crippen LogP contribution in [0.4, 0.5) is 0 Å². The minimum Gasteiger partial charge on any atom is -0.486 e. The average molecular weight is 360 g/mol. The third-order valence-electron chi connectivity index (χ3n) is 4.42. The Labute approximate surface area is 153 Å². The van der Waals surface area contributed by atoms with Crippen LogP contribution in [0, 0.1) is 0 Å². The third kappa shape index (κ3) is 4.07. The highest BCUT2D eigenvalue weighted by Gasteiger charge is 2.30. The highest BCUT2D eigenvalue weighted by molar-refractivity contribution is 6.30. The molecule has 2 aromatic carbocycles. The van der Waals surface area contributed by atoms with Crippen LogP contribution in [0.1, 0.15) is 25.0 Å². The van der Waals surface area contributed by atoms with Crippen molar-refractivity contribution >= 4 is 17.5 Å². The fourth-order valence-electron chi connectivity index (χ4n) is 2.80.